The highest BCUT2D eigenvalue weighted by molar-refractivity contribution is 7.92. The number of carbonyl (C=O) groups is 1. The first-order valence-electron chi connectivity index (χ1n) is 6.81. The number of ether oxygens (including phenoxy) is 1. The Morgan fingerprint density at radius 2 is 2.05 bits per heavy atom. The zero-order chi connectivity index (χ0) is 15.5. The van der Waals surface area contributed by atoms with Crippen LogP contribution in [0, 0.1) is 0 Å². The fourth-order valence-corrected chi connectivity index (χ4v) is 2.63. The molecule has 0 aliphatic carbocycles. The molecule has 1 aromatic rings. The summed E-state index contributed by atoms with van der Waals surface area (Å²) in [6.07, 6.45) is 3.24. The number of benzene rings is 1. The second kappa shape index (κ2) is 6.44. The first kappa shape index (κ1) is 15.8. The van der Waals surface area contributed by atoms with Crippen LogP contribution in [0.2, 0.25) is 0 Å². The Hall–Kier alpha value is -1.60. The third-order valence-corrected chi connectivity index (χ3v) is 4.71. The normalized spacial score (nSPS) is 18.5. The van der Waals surface area contributed by atoms with Crippen molar-refractivity contribution in [2.75, 3.05) is 30.8 Å². The van der Waals surface area contributed by atoms with E-state index in [1.54, 1.807) is 24.3 Å². The van der Waals surface area contributed by atoms with Gasteiger partial charge in [0.05, 0.1) is 18.0 Å². The number of nitrogens with one attached hydrogen (secondary N) is 1. The smallest absolute Gasteiger partial charge is 0.251 e. The number of carbonyl (C=O) groups excluding carboxylic acids is 1. The highest BCUT2D eigenvalue weighted by Gasteiger charge is 2.17. The third kappa shape index (κ3) is 4.18. The molecule has 0 aromatic heterocycles. The van der Waals surface area contributed by atoms with E-state index in [1.165, 1.54) is 11.4 Å². The SMILES string of the molecule is CN(c1ccc(C(=O)NC[C@@H]2CCCO2)cc1)S(C)(=O)=O. The van der Waals surface area contributed by atoms with Gasteiger partial charge in [0, 0.05) is 25.8 Å². The Morgan fingerprint density at radius 3 is 2.57 bits per heavy atom. The van der Waals surface area contributed by atoms with E-state index in [1.807, 2.05) is 0 Å². The average molecular weight is 312 g/mol. The van der Waals surface area contributed by atoms with Crippen LogP contribution in [0.1, 0.15) is 23.2 Å². The fraction of sp³-hybridized carbons (Fsp3) is 0.500. The Balaban J connectivity index is 1.96. The molecule has 21 heavy (non-hydrogen) atoms. The third-order valence-electron chi connectivity index (χ3n) is 3.50. The summed E-state index contributed by atoms with van der Waals surface area (Å²) < 4.78 is 29.5. The van der Waals surface area contributed by atoms with Gasteiger partial charge in [-0.25, -0.2) is 8.42 Å². The lowest BCUT2D eigenvalue weighted by Gasteiger charge is -2.17. The van der Waals surface area contributed by atoms with E-state index in [0.29, 0.717) is 17.8 Å². The maximum atomic E-state index is 12.0. The van der Waals surface area contributed by atoms with Gasteiger partial charge in [0.2, 0.25) is 10.0 Å². The lowest BCUT2D eigenvalue weighted by atomic mass is 10.2. The number of sulfonamides is 1. The van der Waals surface area contributed by atoms with Crippen molar-refractivity contribution in [3.05, 3.63) is 29.8 Å². The quantitative estimate of drug-likeness (QED) is 0.880. The van der Waals surface area contributed by atoms with Crippen molar-refractivity contribution in [1.82, 2.24) is 5.32 Å². The second-order valence-electron chi connectivity index (χ2n) is 5.12. The molecule has 0 unspecified atom stereocenters. The maximum absolute atomic E-state index is 12.0. The second-order valence-corrected chi connectivity index (χ2v) is 7.14. The summed E-state index contributed by atoms with van der Waals surface area (Å²) in [6, 6.07) is 6.45. The first-order valence-corrected chi connectivity index (χ1v) is 8.66. The number of hydrogen-bond donors (Lipinski definition) is 1. The summed E-state index contributed by atoms with van der Waals surface area (Å²) in [5, 5.41) is 2.82. The molecule has 1 aliphatic rings. The summed E-state index contributed by atoms with van der Waals surface area (Å²) in [5.41, 5.74) is 1.02. The lowest BCUT2D eigenvalue weighted by Crippen LogP contribution is -2.31. The predicted octanol–water partition coefficient (Wildman–Crippen LogP) is 0.991. The van der Waals surface area contributed by atoms with Crippen LogP contribution in [-0.4, -0.2) is 46.9 Å². The highest BCUT2D eigenvalue weighted by atomic mass is 32.2. The van der Waals surface area contributed by atoms with E-state index in [4.69, 9.17) is 4.74 Å². The number of amides is 1. The van der Waals surface area contributed by atoms with Gasteiger partial charge in [0.15, 0.2) is 0 Å². The van der Waals surface area contributed by atoms with Crippen molar-refractivity contribution >= 4 is 21.6 Å². The van der Waals surface area contributed by atoms with E-state index in [-0.39, 0.29) is 12.0 Å². The molecular formula is C14H20N2O4S. The molecule has 1 heterocycles. The molecule has 1 aliphatic heterocycles. The summed E-state index contributed by atoms with van der Waals surface area (Å²) >= 11 is 0. The largest absolute Gasteiger partial charge is 0.376 e. The van der Waals surface area contributed by atoms with Crippen LogP contribution >= 0.6 is 0 Å². The van der Waals surface area contributed by atoms with Crippen molar-refractivity contribution in [3.8, 4) is 0 Å². The van der Waals surface area contributed by atoms with Gasteiger partial charge < -0.3 is 10.1 Å². The Morgan fingerprint density at radius 1 is 1.38 bits per heavy atom. The molecule has 0 spiro atoms. The maximum Gasteiger partial charge on any atom is 0.251 e. The van der Waals surface area contributed by atoms with Crippen molar-refractivity contribution in [2.24, 2.45) is 0 Å². The van der Waals surface area contributed by atoms with Gasteiger partial charge in [0.25, 0.3) is 5.91 Å². The number of rotatable bonds is 5. The monoisotopic (exact) mass is 312 g/mol. The number of nitrogens with zero attached hydrogens (tertiary/aromatic N) is 1. The van der Waals surface area contributed by atoms with Gasteiger partial charge in [-0.15, -0.1) is 0 Å². The van der Waals surface area contributed by atoms with E-state index in [2.05, 4.69) is 5.32 Å². The van der Waals surface area contributed by atoms with Crippen molar-refractivity contribution in [3.63, 3.8) is 0 Å². The molecule has 1 fully saturated rings. The van der Waals surface area contributed by atoms with Crippen LogP contribution < -0.4 is 9.62 Å². The minimum atomic E-state index is -3.29. The molecule has 2 rings (SSSR count). The van der Waals surface area contributed by atoms with Gasteiger partial charge in [-0.3, -0.25) is 9.10 Å². The van der Waals surface area contributed by atoms with E-state index >= 15 is 0 Å². The van der Waals surface area contributed by atoms with Gasteiger partial charge in [-0.2, -0.15) is 0 Å². The lowest BCUT2D eigenvalue weighted by molar-refractivity contribution is 0.0858. The van der Waals surface area contributed by atoms with Gasteiger partial charge in [-0.1, -0.05) is 0 Å². The minimum Gasteiger partial charge on any atom is -0.376 e. The topological polar surface area (TPSA) is 75.7 Å². The molecule has 0 saturated carbocycles. The molecule has 0 radical (unpaired) electrons. The minimum absolute atomic E-state index is 0.101. The number of hydrogen-bond acceptors (Lipinski definition) is 4. The zero-order valence-electron chi connectivity index (χ0n) is 12.2. The average Bonchev–Trinajstić information content (AvgIpc) is 2.96. The molecule has 0 bridgehead atoms. The van der Waals surface area contributed by atoms with Gasteiger partial charge in [-0.05, 0) is 37.1 Å². The van der Waals surface area contributed by atoms with Crippen molar-refractivity contribution < 1.29 is 17.9 Å². The van der Waals surface area contributed by atoms with E-state index in [9.17, 15) is 13.2 Å². The van der Waals surface area contributed by atoms with Crippen molar-refractivity contribution in [1.29, 1.82) is 0 Å². The van der Waals surface area contributed by atoms with Crippen LogP contribution in [0.3, 0.4) is 0 Å². The summed E-state index contributed by atoms with van der Waals surface area (Å²) in [5.74, 6) is -0.181. The fourth-order valence-electron chi connectivity index (χ4n) is 2.13. The van der Waals surface area contributed by atoms with E-state index in [0.717, 1.165) is 25.7 Å². The first-order chi connectivity index (χ1) is 9.88. The highest BCUT2D eigenvalue weighted by Crippen LogP contribution is 2.16. The predicted molar refractivity (Wildman–Crippen MR) is 81.0 cm³/mol. The molecular weight excluding hydrogens is 292 g/mol. The Bertz CT molecular complexity index is 592. The van der Waals surface area contributed by atoms with Crippen LogP contribution in [0.15, 0.2) is 24.3 Å². The van der Waals surface area contributed by atoms with Crippen LogP contribution in [0.5, 0.6) is 0 Å². The van der Waals surface area contributed by atoms with Crippen molar-refractivity contribution in [2.45, 2.75) is 18.9 Å². The molecule has 1 N–H and O–H groups in total. The molecule has 1 amide bonds. The molecule has 116 valence electrons. The van der Waals surface area contributed by atoms with Gasteiger partial charge in [0.1, 0.15) is 0 Å². The Kier molecular flexibility index (Phi) is 4.84. The zero-order valence-corrected chi connectivity index (χ0v) is 13.0. The van der Waals surface area contributed by atoms with Gasteiger partial charge >= 0.3 is 0 Å². The van der Waals surface area contributed by atoms with Crippen LogP contribution in [0.4, 0.5) is 5.69 Å². The summed E-state index contributed by atoms with van der Waals surface area (Å²) in [6.45, 7) is 1.26. The van der Waals surface area contributed by atoms with Crippen LogP contribution in [0.25, 0.3) is 0 Å². The standard InChI is InChI=1S/C14H20N2O4S/c1-16(21(2,18)19)12-7-5-11(6-8-12)14(17)15-10-13-4-3-9-20-13/h5-8,13H,3-4,9-10H2,1-2H3,(H,15,17)/t13-/m0/s1. The Labute approximate surface area is 125 Å². The molecule has 6 nitrogen and oxygen atoms in total. The number of anilines is 1. The molecule has 7 heteroatoms. The van der Waals surface area contributed by atoms with E-state index < -0.39 is 10.0 Å². The molecule has 1 aromatic carbocycles. The van der Waals surface area contributed by atoms with Crippen LogP contribution in [-0.2, 0) is 14.8 Å². The summed E-state index contributed by atoms with van der Waals surface area (Å²) in [7, 11) is -1.82. The molecule has 1 saturated heterocycles. The summed E-state index contributed by atoms with van der Waals surface area (Å²) in [4.78, 5) is 12.0. The molecule has 1 atom stereocenters.